The molecule has 6 nitrogen and oxygen atoms in total. The molecule has 1 aliphatic heterocycles. The second-order valence-electron chi connectivity index (χ2n) is 8.47. The number of aliphatic carboxylic acids is 1. The van der Waals surface area contributed by atoms with Crippen LogP contribution in [0.15, 0.2) is 66.7 Å². The van der Waals surface area contributed by atoms with Crippen LogP contribution in [0.4, 0.5) is 0 Å². The Kier molecular flexibility index (Phi) is 9.51. The van der Waals surface area contributed by atoms with E-state index in [4.69, 9.17) is 9.84 Å². The Balaban J connectivity index is 1.46. The van der Waals surface area contributed by atoms with Gasteiger partial charge in [0.15, 0.2) is 0 Å². The van der Waals surface area contributed by atoms with Crippen molar-refractivity contribution < 1.29 is 24.5 Å². The summed E-state index contributed by atoms with van der Waals surface area (Å²) in [6.07, 6.45) is 8.37. The van der Waals surface area contributed by atoms with Crippen LogP contribution in [0.1, 0.15) is 50.5 Å². The van der Waals surface area contributed by atoms with E-state index in [1.807, 2.05) is 65.6 Å². The van der Waals surface area contributed by atoms with Gasteiger partial charge >= 0.3 is 5.97 Å². The van der Waals surface area contributed by atoms with Crippen LogP contribution in [0.5, 0.6) is 11.5 Å². The van der Waals surface area contributed by atoms with Crippen molar-refractivity contribution in [2.45, 2.75) is 63.5 Å². The van der Waals surface area contributed by atoms with Crippen molar-refractivity contribution in [2.75, 3.05) is 6.54 Å². The number of ether oxygens (including phenoxy) is 1. The number of hydrogen-bond acceptors (Lipinski definition) is 4. The first-order chi connectivity index (χ1) is 16.0. The lowest BCUT2D eigenvalue weighted by atomic mass is 10.1. The molecule has 1 fully saturated rings. The topological polar surface area (TPSA) is 87.1 Å². The minimum absolute atomic E-state index is 0.0129. The number of para-hydroxylation sites is 1. The Morgan fingerprint density at radius 2 is 1.82 bits per heavy atom. The highest BCUT2D eigenvalue weighted by molar-refractivity contribution is 5.79. The van der Waals surface area contributed by atoms with Crippen molar-refractivity contribution >= 4 is 11.9 Å². The Bertz CT molecular complexity index is 927. The van der Waals surface area contributed by atoms with Crippen LogP contribution in [-0.4, -0.2) is 45.7 Å². The summed E-state index contributed by atoms with van der Waals surface area (Å²) in [5, 5.41) is 19.2. The van der Waals surface area contributed by atoms with E-state index in [2.05, 4.69) is 0 Å². The fraction of sp³-hybridized carbons (Fsp3) is 0.407. The maximum absolute atomic E-state index is 12.3. The summed E-state index contributed by atoms with van der Waals surface area (Å²) in [7, 11) is 0. The molecule has 176 valence electrons. The van der Waals surface area contributed by atoms with Crippen molar-refractivity contribution in [3.8, 4) is 11.5 Å². The molecule has 1 amide bonds. The molecule has 0 bridgehead atoms. The summed E-state index contributed by atoms with van der Waals surface area (Å²) in [6.45, 7) is 0.676. The van der Waals surface area contributed by atoms with E-state index in [1.54, 1.807) is 6.08 Å². The smallest absolute Gasteiger partial charge is 0.303 e. The van der Waals surface area contributed by atoms with Gasteiger partial charge < -0.3 is 19.8 Å². The Morgan fingerprint density at radius 3 is 2.61 bits per heavy atom. The number of benzene rings is 2. The molecule has 6 heteroatoms. The van der Waals surface area contributed by atoms with Gasteiger partial charge in [0, 0.05) is 25.8 Å². The van der Waals surface area contributed by atoms with Crippen molar-refractivity contribution in [1.29, 1.82) is 0 Å². The monoisotopic (exact) mass is 451 g/mol. The van der Waals surface area contributed by atoms with E-state index in [-0.39, 0.29) is 18.4 Å². The largest absolute Gasteiger partial charge is 0.481 e. The summed E-state index contributed by atoms with van der Waals surface area (Å²) in [5.41, 5.74) is 0.973. The zero-order valence-corrected chi connectivity index (χ0v) is 18.9. The second-order valence-corrected chi connectivity index (χ2v) is 8.47. The van der Waals surface area contributed by atoms with Crippen LogP contribution in [-0.2, 0) is 16.0 Å². The molecule has 1 unspecified atom stereocenters. The highest BCUT2D eigenvalue weighted by atomic mass is 16.5. The molecule has 0 radical (unpaired) electrons. The van der Waals surface area contributed by atoms with Crippen LogP contribution >= 0.6 is 0 Å². The molecule has 0 aliphatic carbocycles. The standard InChI is InChI=1S/C27H33NO5/c29-23(19-21-9-8-12-25(20-21)33-24-10-4-3-5-11-24)16-14-22-15-17-26(30)28(22)18-7-2-1-6-13-27(31)32/h3-5,8-12,14,16,20,22-23,29H,1-2,6-7,13,15,17-19H2,(H,31,32)/t22?,23-/m0/s1. The molecule has 0 spiro atoms. The second kappa shape index (κ2) is 12.8. The number of likely N-dealkylation sites (tertiary alicyclic amines) is 1. The first kappa shape index (κ1) is 24.5. The molecule has 1 saturated heterocycles. The highest BCUT2D eigenvalue weighted by Gasteiger charge is 2.28. The van der Waals surface area contributed by atoms with Gasteiger partial charge in [-0.15, -0.1) is 0 Å². The van der Waals surface area contributed by atoms with E-state index in [9.17, 15) is 14.7 Å². The van der Waals surface area contributed by atoms with Crippen LogP contribution in [0.3, 0.4) is 0 Å². The summed E-state index contributed by atoms with van der Waals surface area (Å²) in [5.74, 6) is 0.883. The van der Waals surface area contributed by atoms with Gasteiger partial charge in [-0.25, -0.2) is 0 Å². The average Bonchev–Trinajstić information content (AvgIpc) is 3.15. The van der Waals surface area contributed by atoms with Gasteiger partial charge in [0.25, 0.3) is 0 Å². The van der Waals surface area contributed by atoms with Crippen LogP contribution in [0.2, 0.25) is 0 Å². The third-order valence-corrected chi connectivity index (χ3v) is 5.79. The van der Waals surface area contributed by atoms with Gasteiger partial charge in [-0.1, -0.05) is 55.3 Å². The predicted molar refractivity (Wildman–Crippen MR) is 127 cm³/mol. The maximum atomic E-state index is 12.3. The number of aliphatic hydroxyl groups is 1. The van der Waals surface area contributed by atoms with Gasteiger partial charge in [0.05, 0.1) is 12.1 Å². The Labute approximate surface area is 195 Å². The van der Waals surface area contributed by atoms with Crippen molar-refractivity contribution in [2.24, 2.45) is 0 Å². The summed E-state index contributed by atoms with van der Waals surface area (Å²) < 4.78 is 5.87. The first-order valence-corrected chi connectivity index (χ1v) is 11.7. The summed E-state index contributed by atoms with van der Waals surface area (Å²) >= 11 is 0. The summed E-state index contributed by atoms with van der Waals surface area (Å²) in [6, 6.07) is 17.3. The normalized spacial score (nSPS) is 16.9. The Hall–Kier alpha value is -3.12. The molecule has 1 aliphatic rings. The van der Waals surface area contributed by atoms with E-state index in [0.29, 0.717) is 25.8 Å². The van der Waals surface area contributed by atoms with Crippen LogP contribution < -0.4 is 4.74 Å². The van der Waals surface area contributed by atoms with Gasteiger partial charge in [0.1, 0.15) is 11.5 Å². The van der Waals surface area contributed by atoms with Gasteiger partial charge in [-0.05, 0) is 49.1 Å². The molecule has 2 N–H and O–H groups in total. The number of carboxylic acids is 1. The maximum Gasteiger partial charge on any atom is 0.303 e. The fourth-order valence-electron chi connectivity index (χ4n) is 4.08. The van der Waals surface area contributed by atoms with Crippen LogP contribution in [0, 0.1) is 0 Å². The number of nitrogens with zero attached hydrogens (tertiary/aromatic N) is 1. The van der Waals surface area contributed by atoms with E-state index >= 15 is 0 Å². The average molecular weight is 452 g/mol. The van der Waals surface area contributed by atoms with E-state index in [0.717, 1.165) is 42.7 Å². The third kappa shape index (κ3) is 8.39. The number of carbonyl (C=O) groups excluding carboxylic acids is 1. The van der Waals surface area contributed by atoms with Crippen molar-refractivity contribution in [3.05, 3.63) is 72.3 Å². The lowest BCUT2D eigenvalue weighted by molar-refractivity contribution is -0.137. The quantitative estimate of drug-likeness (QED) is 0.332. The van der Waals surface area contributed by atoms with Crippen molar-refractivity contribution in [1.82, 2.24) is 4.90 Å². The molecule has 2 aromatic carbocycles. The molecule has 2 atom stereocenters. The molecule has 0 saturated carbocycles. The number of carbonyl (C=O) groups is 2. The van der Waals surface area contributed by atoms with Crippen LogP contribution in [0.25, 0.3) is 0 Å². The third-order valence-electron chi connectivity index (χ3n) is 5.79. The number of rotatable bonds is 13. The molecule has 3 rings (SSSR count). The highest BCUT2D eigenvalue weighted by Crippen LogP contribution is 2.23. The lowest BCUT2D eigenvalue weighted by Gasteiger charge is -2.22. The lowest BCUT2D eigenvalue weighted by Crippen LogP contribution is -2.32. The van der Waals surface area contributed by atoms with Crippen molar-refractivity contribution in [3.63, 3.8) is 0 Å². The van der Waals surface area contributed by atoms with Gasteiger partial charge in [0.2, 0.25) is 5.91 Å². The molecule has 1 heterocycles. The fourth-order valence-corrected chi connectivity index (χ4v) is 4.08. The SMILES string of the molecule is O=C(O)CCCCCCN1C(=O)CCC1C=C[C@H](O)Cc1cccc(Oc2ccccc2)c1. The molecule has 0 aromatic heterocycles. The van der Waals surface area contributed by atoms with E-state index in [1.165, 1.54) is 0 Å². The number of unbranched alkanes of at least 4 members (excludes halogenated alkanes) is 3. The molecule has 2 aromatic rings. The summed E-state index contributed by atoms with van der Waals surface area (Å²) in [4.78, 5) is 24.7. The number of aliphatic hydroxyl groups excluding tert-OH is 1. The minimum Gasteiger partial charge on any atom is -0.481 e. The molecule has 33 heavy (non-hydrogen) atoms. The Morgan fingerprint density at radius 1 is 1.06 bits per heavy atom. The number of amides is 1. The molecular formula is C27H33NO5. The van der Waals surface area contributed by atoms with E-state index < -0.39 is 12.1 Å². The number of hydrogen-bond donors (Lipinski definition) is 2. The zero-order chi connectivity index (χ0) is 23.5. The minimum atomic E-state index is -0.760. The first-order valence-electron chi connectivity index (χ1n) is 11.7. The number of carboxylic acid groups (broad SMARTS) is 1. The molecular weight excluding hydrogens is 418 g/mol. The zero-order valence-electron chi connectivity index (χ0n) is 18.9. The van der Waals surface area contributed by atoms with Gasteiger partial charge in [-0.3, -0.25) is 9.59 Å². The predicted octanol–water partition coefficient (Wildman–Crippen LogP) is 4.96. The van der Waals surface area contributed by atoms with Gasteiger partial charge in [-0.2, -0.15) is 0 Å².